The van der Waals surface area contributed by atoms with Crippen molar-refractivity contribution in [3.63, 3.8) is 0 Å². The maximum Gasteiger partial charge on any atom is 0.105 e. The number of anilines is 1. The van der Waals surface area contributed by atoms with Crippen LogP contribution < -0.4 is 5.73 Å². The number of hydrogen-bond acceptors (Lipinski definition) is 3. The molecule has 1 saturated heterocycles. The summed E-state index contributed by atoms with van der Waals surface area (Å²) in [5, 5.41) is 0. The summed E-state index contributed by atoms with van der Waals surface area (Å²) in [5.74, 6) is 0. The average Bonchev–Trinajstić information content (AvgIpc) is 2.01. The summed E-state index contributed by atoms with van der Waals surface area (Å²) in [6.07, 6.45) is 0.279. The van der Waals surface area contributed by atoms with E-state index < -0.39 is 0 Å². The van der Waals surface area contributed by atoms with Gasteiger partial charge in [-0.3, -0.25) is 0 Å². The molecule has 2 N–H and O–H groups in total. The Balaban J connectivity index is 1.86. The van der Waals surface area contributed by atoms with Crippen LogP contribution in [0.25, 0.3) is 0 Å². The van der Waals surface area contributed by atoms with Crippen LogP contribution in [-0.2, 0) is 16.1 Å². The molecule has 1 fully saturated rings. The van der Waals surface area contributed by atoms with Gasteiger partial charge in [-0.1, -0.05) is 12.1 Å². The number of rotatable bonds is 3. The van der Waals surface area contributed by atoms with Crippen LogP contribution in [0.4, 0.5) is 5.69 Å². The van der Waals surface area contributed by atoms with E-state index in [9.17, 15) is 0 Å². The minimum Gasteiger partial charge on any atom is -0.399 e. The molecule has 0 radical (unpaired) electrons. The standard InChI is InChI=1S/C10H13NO2/c11-9-3-1-2-8(4-9)5-13-10-6-12-7-10/h1-4,10H,5-7,11H2. The lowest BCUT2D eigenvalue weighted by Crippen LogP contribution is -2.35. The van der Waals surface area contributed by atoms with Crippen molar-refractivity contribution in [3.05, 3.63) is 29.8 Å². The predicted molar refractivity (Wildman–Crippen MR) is 50.3 cm³/mol. The molecule has 0 aliphatic carbocycles. The molecule has 2 rings (SSSR count). The van der Waals surface area contributed by atoms with Gasteiger partial charge in [-0.25, -0.2) is 0 Å². The van der Waals surface area contributed by atoms with Crippen LogP contribution in [0.2, 0.25) is 0 Å². The van der Waals surface area contributed by atoms with E-state index in [-0.39, 0.29) is 6.10 Å². The Morgan fingerprint density at radius 2 is 2.31 bits per heavy atom. The highest BCUT2D eigenvalue weighted by atomic mass is 16.6. The minimum absolute atomic E-state index is 0.279. The fourth-order valence-corrected chi connectivity index (χ4v) is 1.21. The Morgan fingerprint density at radius 1 is 1.46 bits per heavy atom. The van der Waals surface area contributed by atoms with Gasteiger partial charge >= 0.3 is 0 Å². The zero-order valence-electron chi connectivity index (χ0n) is 7.40. The van der Waals surface area contributed by atoms with Gasteiger partial charge in [0, 0.05) is 5.69 Å². The van der Waals surface area contributed by atoms with Crippen LogP contribution in [0.3, 0.4) is 0 Å². The molecule has 1 aromatic carbocycles. The third kappa shape index (κ3) is 2.20. The van der Waals surface area contributed by atoms with Crippen molar-refractivity contribution in [1.82, 2.24) is 0 Å². The zero-order valence-corrected chi connectivity index (χ0v) is 7.40. The Bertz CT molecular complexity index is 284. The van der Waals surface area contributed by atoms with Crippen molar-refractivity contribution in [1.29, 1.82) is 0 Å². The average molecular weight is 179 g/mol. The second-order valence-corrected chi connectivity index (χ2v) is 3.22. The number of benzene rings is 1. The van der Waals surface area contributed by atoms with E-state index in [1.807, 2.05) is 24.3 Å². The van der Waals surface area contributed by atoms with E-state index in [2.05, 4.69) is 0 Å². The third-order valence-corrected chi connectivity index (χ3v) is 2.04. The summed E-state index contributed by atoms with van der Waals surface area (Å²) < 4.78 is 10.5. The van der Waals surface area contributed by atoms with Crippen LogP contribution >= 0.6 is 0 Å². The third-order valence-electron chi connectivity index (χ3n) is 2.04. The van der Waals surface area contributed by atoms with Gasteiger partial charge in [-0.05, 0) is 17.7 Å². The zero-order chi connectivity index (χ0) is 9.10. The van der Waals surface area contributed by atoms with E-state index in [0.29, 0.717) is 6.61 Å². The Kier molecular flexibility index (Phi) is 2.47. The van der Waals surface area contributed by atoms with Gasteiger partial charge in [-0.2, -0.15) is 0 Å². The molecule has 0 amide bonds. The molecule has 13 heavy (non-hydrogen) atoms. The van der Waals surface area contributed by atoms with Crippen molar-refractivity contribution in [3.8, 4) is 0 Å². The lowest BCUT2D eigenvalue weighted by molar-refractivity contribution is -0.135. The van der Waals surface area contributed by atoms with Gasteiger partial charge in [-0.15, -0.1) is 0 Å². The summed E-state index contributed by atoms with van der Waals surface area (Å²) in [4.78, 5) is 0. The summed E-state index contributed by atoms with van der Waals surface area (Å²) in [6.45, 7) is 2.07. The first-order chi connectivity index (χ1) is 6.34. The second-order valence-electron chi connectivity index (χ2n) is 3.22. The molecular weight excluding hydrogens is 166 g/mol. The highest BCUT2D eigenvalue weighted by Crippen LogP contribution is 2.11. The highest BCUT2D eigenvalue weighted by molar-refractivity contribution is 5.40. The lowest BCUT2D eigenvalue weighted by Gasteiger charge is -2.25. The summed E-state index contributed by atoms with van der Waals surface area (Å²) in [5.41, 5.74) is 7.53. The molecule has 0 bridgehead atoms. The molecule has 3 nitrogen and oxygen atoms in total. The van der Waals surface area contributed by atoms with Crippen molar-refractivity contribution >= 4 is 5.69 Å². The van der Waals surface area contributed by atoms with Crippen molar-refractivity contribution < 1.29 is 9.47 Å². The molecule has 70 valence electrons. The molecule has 0 saturated carbocycles. The SMILES string of the molecule is Nc1cccc(COC2COC2)c1. The molecule has 1 aromatic rings. The Hall–Kier alpha value is -1.06. The summed E-state index contributed by atoms with van der Waals surface area (Å²) in [6, 6.07) is 7.75. The van der Waals surface area contributed by atoms with E-state index in [4.69, 9.17) is 15.2 Å². The highest BCUT2D eigenvalue weighted by Gasteiger charge is 2.18. The van der Waals surface area contributed by atoms with E-state index in [1.165, 1.54) is 0 Å². The number of nitrogens with two attached hydrogens (primary N) is 1. The van der Waals surface area contributed by atoms with Gasteiger partial charge in [0.2, 0.25) is 0 Å². The summed E-state index contributed by atoms with van der Waals surface area (Å²) >= 11 is 0. The van der Waals surface area contributed by atoms with Crippen molar-refractivity contribution in [2.24, 2.45) is 0 Å². The molecule has 0 aromatic heterocycles. The van der Waals surface area contributed by atoms with E-state index >= 15 is 0 Å². The monoisotopic (exact) mass is 179 g/mol. The van der Waals surface area contributed by atoms with E-state index in [0.717, 1.165) is 24.5 Å². The molecule has 3 heteroatoms. The fourth-order valence-electron chi connectivity index (χ4n) is 1.21. The van der Waals surface area contributed by atoms with Crippen LogP contribution in [0.15, 0.2) is 24.3 Å². The van der Waals surface area contributed by atoms with Gasteiger partial charge in [0.1, 0.15) is 6.10 Å². The number of ether oxygens (including phenoxy) is 2. The maximum absolute atomic E-state index is 5.63. The molecule has 0 spiro atoms. The number of nitrogen functional groups attached to an aromatic ring is 1. The normalized spacial score (nSPS) is 16.9. The summed E-state index contributed by atoms with van der Waals surface area (Å²) in [7, 11) is 0. The van der Waals surface area contributed by atoms with Crippen molar-refractivity contribution in [2.75, 3.05) is 18.9 Å². The minimum atomic E-state index is 0.279. The first-order valence-corrected chi connectivity index (χ1v) is 4.38. The molecule has 1 aliphatic heterocycles. The van der Waals surface area contributed by atoms with E-state index in [1.54, 1.807) is 0 Å². The quantitative estimate of drug-likeness (QED) is 0.709. The topological polar surface area (TPSA) is 44.5 Å². The van der Waals surface area contributed by atoms with Gasteiger partial charge < -0.3 is 15.2 Å². The first-order valence-electron chi connectivity index (χ1n) is 4.38. The molecule has 0 atom stereocenters. The van der Waals surface area contributed by atoms with Crippen LogP contribution in [0.5, 0.6) is 0 Å². The van der Waals surface area contributed by atoms with Crippen LogP contribution in [-0.4, -0.2) is 19.3 Å². The van der Waals surface area contributed by atoms with Crippen LogP contribution in [0.1, 0.15) is 5.56 Å². The largest absolute Gasteiger partial charge is 0.399 e. The predicted octanol–water partition coefficient (Wildman–Crippen LogP) is 1.18. The van der Waals surface area contributed by atoms with Gasteiger partial charge in [0.15, 0.2) is 0 Å². The molecular formula is C10H13NO2. The number of hydrogen-bond donors (Lipinski definition) is 1. The first kappa shape index (κ1) is 8.53. The van der Waals surface area contributed by atoms with Gasteiger partial charge in [0.25, 0.3) is 0 Å². The maximum atomic E-state index is 5.63. The lowest BCUT2D eigenvalue weighted by atomic mass is 10.2. The fraction of sp³-hybridized carbons (Fsp3) is 0.400. The Labute approximate surface area is 77.5 Å². The second kappa shape index (κ2) is 3.77. The van der Waals surface area contributed by atoms with Crippen molar-refractivity contribution in [2.45, 2.75) is 12.7 Å². The molecule has 0 unspecified atom stereocenters. The molecule has 1 aliphatic rings. The van der Waals surface area contributed by atoms with Crippen LogP contribution in [0, 0.1) is 0 Å². The molecule has 1 heterocycles. The smallest absolute Gasteiger partial charge is 0.105 e. The Morgan fingerprint density at radius 3 is 2.92 bits per heavy atom. The van der Waals surface area contributed by atoms with Gasteiger partial charge in [0.05, 0.1) is 19.8 Å².